The zero-order chi connectivity index (χ0) is 31.7. The van der Waals surface area contributed by atoms with Crippen LogP contribution in [0, 0.1) is 0 Å². The molecule has 2 fully saturated rings. The largest absolute Gasteiger partial charge is 0.481 e. The van der Waals surface area contributed by atoms with Crippen molar-refractivity contribution in [3.05, 3.63) is 60.2 Å². The van der Waals surface area contributed by atoms with Gasteiger partial charge in [-0.2, -0.15) is 13.4 Å². The quantitative estimate of drug-likeness (QED) is 0.0821. The van der Waals surface area contributed by atoms with E-state index in [2.05, 4.69) is 13.4 Å². The summed E-state index contributed by atoms with van der Waals surface area (Å²) in [7, 11) is -10.7. The highest BCUT2D eigenvalue weighted by Gasteiger charge is 2.51. The highest BCUT2D eigenvalue weighted by Crippen LogP contribution is 2.60. The molecule has 10 atom stereocenters. The number of nitrogens with two attached hydrogens (primary N) is 2. The molecule has 0 saturated carbocycles. The Bertz CT molecular complexity index is 1340. The molecule has 0 radical (unpaired) electrons. The predicted molar refractivity (Wildman–Crippen MR) is 135 cm³/mol. The van der Waals surface area contributed by atoms with Crippen LogP contribution in [0.15, 0.2) is 49.1 Å². The molecule has 0 aliphatic carbocycles. The van der Waals surface area contributed by atoms with Crippen LogP contribution in [0.4, 0.5) is 0 Å². The number of carbonyl (C=O) groups is 2. The second-order valence-corrected chi connectivity index (χ2v) is 12.6. The Hall–Kier alpha value is -2.74. The van der Waals surface area contributed by atoms with Gasteiger partial charge in [-0.05, 0) is 12.1 Å². The van der Waals surface area contributed by atoms with Gasteiger partial charge in [0.1, 0.15) is 35.5 Å². The van der Waals surface area contributed by atoms with E-state index < -0.39 is 89.8 Å². The summed E-state index contributed by atoms with van der Waals surface area (Å²) in [6.45, 7) is -1.81. The first-order valence-electron chi connectivity index (χ1n) is 12.4. The molecule has 19 nitrogen and oxygen atoms in total. The zero-order valence-corrected chi connectivity index (χ0v) is 23.7. The van der Waals surface area contributed by atoms with Gasteiger partial charge in [0.2, 0.25) is 0 Å². The number of ether oxygens (including phenoxy) is 2. The smallest absolute Gasteiger partial charge is 0.387 e. The van der Waals surface area contributed by atoms with Crippen LogP contribution in [0.1, 0.15) is 33.2 Å². The number of primary amides is 2. The number of aromatic nitrogens is 2. The summed E-state index contributed by atoms with van der Waals surface area (Å²) in [6, 6.07) is 5.65. The third-order valence-corrected chi connectivity index (χ3v) is 9.09. The maximum Gasteiger partial charge on any atom is 0.481 e. The molecule has 43 heavy (non-hydrogen) atoms. The van der Waals surface area contributed by atoms with Gasteiger partial charge in [-0.3, -0.25) is 18.6 Å². The number of nitrogens with zero attached hydrogens (tertiary/aromatic N) is 2. The van der Waals surface area contributed by atoms with Crippen LogP contribution >= 0.6 is 15.6 Å². The van der Waals surface area contributed by atoms with E-state index in [9.17, 15) is 48.9 Å². The molecular weight excluding hydrogens is 622 g/mol. The van der Waals surface area contributed by atoms with Crippen molar-refractivity contribution in [3.63, 3.8) is 0 Å². The van der Waals surface area contributed by atoms with E-state index in [1.165, 1.54) is 58.2 Å². The van der Waals surface area contributed by atoms with Crippen LogP contribution in [0.5, 0.6) is 0 Å². The number of amides is 2. The van der Waals surface area contributed by atoms with E-state index in [1.54, 1.807) is 0 Å². The molecule has 2 saturated heterocycles. The lowest BCUT2D eigenvalue weighted by atomic mass is 10.1. The van der Waals surface area contributed by atoms with Gasteiger partial charge in [0.05, 0.1) is 13.2 Å². The summed E-state index contributed by atoms with van der Waals surface area (Å²) in [5, 5.41) is 41.3. The monoisotopic (exact) mass is 652 g/mol. The van der Waals surface area contributed by atoms with Crippen molar-refractivity contribution in [1.29, 1.82) is 0 Å². The first-order chi connectivity index (χ1) is 20.1. The molecule has 0 aromatic carbocycles. The fraction of sp³-hybridized carbons (Fsp3) is 0.455. The minimum absolute atomic E-state index is 0.0658. The van der Waals surface area contributed by atoms with Crippen molar-refractivity contribution in [1.82, 2.24) is 0 Å². The Balaban J connectivity index is 1.31. The van der Waals surface area contributed by atoms with Crippen LogP contribution in [-0.2, 0) is 32.0 Å². The summed E-state index contributed by atoms with van der Waals surface area (Å²) in [4.78, 5) is 42.8. The van der Waals surface area contributed by atoms with Crippen molar-refractivity contribution >= 4 is 27.5 Å². The van der Waals surface area contributed by atoms with Crippen LogP contribution in [0.25, 0.3) is 0 Å². The number of phosphoric acid groups is 2. The Morgan fingerprint density at radius 2 is 1.12 bits per heavy atom. The van der Waals surface area contributed by atoms with Gasteiger partial charge in [-0.25, -0.2) is 9.13 Å². The predicted octanol–water partition coefficient (Wildman–Crippen LogP) is -3.35. The second kappa shape index (κ2) is 13.1. The topological polar surface area (TPSA) is 296 Å². The molecule has 2 unspecified atom stereocenters. The van der Waals surface area contributed by atoms with E-state index in [0.717, 1.165) is 0 Å². The molecule has 21 heteroatoms. The minimum Gasteiger partial charge on any atom is -0.387 e. The third-order valence-electron chi connectivity index (χ3n) is 6.49. The summed E-state index contributed by atoms with van der Waals surface area (Å²) < 4.78 is 51.7. The standard InChI is InChI=1S/C22H28N4O15P2/c23-19(31)11-3-1-5-25(7-11)21-17(29)15(27)13(39-21)9-37-42(33,34)41-43(35,36)38-10-14-16(28)18(30)22(40-14)26-6-2-4-12(8-26)20(24)32/h1-8,13-18,21-22,27-30H,9-10H2,(H4-2,23,24,31,32,33,34,35,36)/p+2/t13-,14-,15-,16-,17-,18-,21+,22+/m1/s1. The first-order valence-corrected chi connectivity index (χ1v) is 15.4. The lowest BCUT2D eigenvalue weighted by molar-refractivity contribution is -0.766. The van der Waals surface area contributed by atoms with Crippen molar-refractivity contribution in [2.45, 2.75) is 49.1 Å². The molecule has 2 aromatic rings. The van der Waals surface area contributed by atoms with Crippen molar-refractivity contribution in [2.75, 3.05) is 13.2 Å². The molecule has 4 rings (SSSR count). The zero-order valence-electron chi connectivity index (χ0n) is 22.0. The van der Waals surface area contributed by atoms with Gasteiger partial charge < -0.3 is 51.2 Å². The van der Waals surface area contributed by atoms with E-state index in [1.807, 2.05) is 0 Å². The van der Waals surface area contributed by atoms with Crippen LogP contribution in [-0.4, -0.2) is 91.9 Å². The van der Waals surface area contributed by atoms with Crippen molar-refractivity contribution in [2.24, 2.45) is 11.5 Å². The number of hydrogen-bond acceptors (Lipinski definition) is 13. The maximum absolute atomic E-state index is 12.4. The molecule has 2 aromatic heterocycles. The molecule has 2 aliphatic heterocycles. The second-order valence-electron chi connectivity index (χ2n) is 9.51. The summed E-state index contributed by atoms with van der Waals surface area (Å²) in [6.07, 6.45) is -6.57. The number of carbonyl (C=O) groups excluding carboxylic acids is 2. The van der Waals surface area contributed by atoms with Crippen molar-refractivity contribution in [3.8, 4) is 0 Å². The molecular formula is C22H30N4O15P2+2. The van der Waals surface area contributed by atoms with Gasteiger partial charge in [0.25, 0.3) is 24.3 Å². The third kappa shape index (κ3) is 7.86. The highest BCUT2D eigenvalue weighted by atomic mass is 31.3. The van der Waals surface area contributed by atoms with Gasteiger partial charge in [-0.15, -0.1) is 0 Å². The lowest BCUT2D eigenvalue weighted by Gasteiger charge is -2.20. The Labute approximate surface area is 242 Å². The van der Waals surface area contributed by atoms with Gasteiger partial charge >= 0.3 is 15.6 Å². The molecule has 236 valence electrons. The van der Waals surface area contributed by atoms with Gasteiger partial charge in [0.15, 0.2) is 37.0 Å². The number of hydrogen-bond donors (Lipinski definition) is 8. The molecule has 10 N–H and O–H groups in total. The fourth-order valence-electron chi connectivity index (χ4n) is 4.33. The van der Waals surface area contributed by atoms with Crippen molar-refractivity contribution < 1.29 is 80.9 Å². The Morgan fingerprint density at radius 3 is 1.47 bits per heavy atom. The van der Waals surface area contributed by atoms with E-state index in [0.29, 0.717) is 0 Å². The molecule has 2 aliphatic rings. The SMILES string of the molecule is NC(=O)c1ccc[n+]([C@H]2O[C@H](COP(=O)(O)OP(=O)(O)OC[C@H]3O[C@H]([n+]4cccc(C(N)=O)c4)[C@H](O)[C@@H]3O)[C@@H](O)[C@H]2O)c1. The van der Waals surface area contributed by atoms with E-state index in [4.69, 9.17) is 20.9 Å². The average molecular weight is 652 g/mol. The highest BCUT2D eigenvalue weighted by molar-refractivity contribution is 7.61. The van der Waals surface area contributed by atoms with E-state index in [-0.39, 0.29) is 11.1 Å². The lowest BCUT2D eigenvalue weighted by Crippen LogP contribution is -2.46. The number of rotatable bonds is 12. The Kier molecular flexibility index (Phi) is 10.1. The summed E-state index contributed by atoms with van der Waals surface area (Å²) in [5.74, 6) is -1.54. The number of aliphatic hydroxyl groups excluding tert-OH is 4. The normalized spacial score (nSPS) is 31.8. The summed E-state index contributed by atoms with van der Waals surface area (Å²) >= 11 is 0. The molecule has 0 spiro atoms. The fourth-order valence-corrected chi connectivity index (χ4v) is 6.42. The number of pyridine rings is 2. The van der Waals surface area contributed by atoms with E-state index >= 15 is 0 Å². The maximum atomic E-state index is 12.4. The molecule has 2 amide bonds. The number of aliphatic hydroxyl groups is 4. The molecule has 0 bridgehead atoms. The average Bonchev–Trinajstić information content (AvgIpc) is 3.40. The minimum atomic E-state index is -5.37. The number of phosphoric ester groups is 2. The summed E-state index contributed by atoms with van der Waals surface area (Å²) in [5.41, 5.74) is 10.6. The Morgan fingerprint density at radius 1 is 0.744 bits per heavy atom. The first kappa shape index (κ1) is 33.2. The van der Waals surface area contributed by atoms with Crippen LogP contribution in [0.2, 0.25) is 0 Å². The van der Waals surface area contributed by atoms with Gasteiger partial charge in [-0.1, -0.05) is 0 Å². The molecule has 4 heterocycles. The van der Waals surface area contributed by atoms with Crippen LogP contribution < -0.4 is 20.6 Å². The van der Waals surface area contributed by atoms with Gasteiger partial charge in [0, 0.05) is 12.1 Å². The van der Waals surface area contributed by atoms with Crippen LogP contribution in [0.3, 0.4) is 0 Å².